The fourth-order valence-corrected chi connectivity index (χ4v) is 0.853. The van der Waals surface area contributed by atoms with E-state index in [2.05, 4.69) is 4.99 Å². The van der Waals surface area contributed by atoms with Crippen molar-refractivity contribution in [2.75, 3.05) is 20.3 Å². The van der Waals surface area contributed by atoms with Gasteiger partial charge in [-0.1, -0.05) is 0 Å². The molecule has 0 rings (SSSR count). The second kappa shape index (κ2) is 6.56. The summed E-state index contributed by atoms with van der Waals surface area (Å²) in [4.78, 5) is 16.2. The van der Waals surface area contributed by atoms with Gasteiger partial charge in [0.15, 0.2) is 0 Å². The van der Waals surface area contributed by atoms with E-state index in [1.807, 2.05) is 0 Å². The van der Waals surface area contributed by atoms with Crippen molar-refractivity contribution in [3.8, 4) is 0 Å². The summed E-state index contributed by atoms with van der Waals surface area (Å²) >= 11 is 0. The summed E-state index contributed by atoms with van der Waals surface area (Å²) in [6, 6.07) is -0.397. The van der Waals surface area contributed by atoms with Gasteiger partial charge in [0, 0.05) is 19.9 Å². The fraction of sp³-hybridized carbons (Fsp3) is 0.750. The summed E-state index contributed by atoms with van der Waals surface area (Å²) in [7, 11) is 1.50. The van der Waals surface area contributed by atoms with Crippen molar-refractivity contribution in [1.82, 2.24) is 4.90 Å². The quantitative estimate of drug-likeness (QED) is 0.515. The fourth-order valence-electron chi connectivity index (χ4n) is 0.853. The van der Waals surface area contributed by atoms with Crippen LogP contribution in [0.25, 0.3) is 0 Å². The van der Waals surface area contributed by atoms with Gasteiger partial charge in [0.1, 0.15) is 6.23 Å². The molecule has 1 N–H and O–H groups in total. The van der Waals surface area contributed by atoms with E-state index in [9.17, 15) is 4.79 Å². The van der Waals surface area contributed by atoms with Crippen molar-refractivity contribution in [1.29, 1.82) is 0 Å². The van der Waals surface area contributed by atoms with E-state index in [0.29, 0.717) is 0 Å². The zero-order valence-electron chi connectivity index (χ0n) is 8.23. The van der Waals surface area contributed by atoms with E-state index in [4.69, 9.17) is 9.84 Å². The number of aliphatic imine (C=N–C) groups is 1. The molecule has 0 fully saturated rings. The lowest BCUT2D eigenvalue weighted by atomic mass is 10.5. The molecule has 0 radical (unpaired) electrons. The third kappa shape index (κ3) is 4.00. The molecule has 0 saturated carbocycles. The van der Waals surface area contributed by atoms with Crippen LogP contribution in [0, 0.1) is 0 Å². The van der Waals surface area contributed by atoms with Crippen molar-refractivity contribution < 1.29 is 14.6 Å². The number of aliphatic hydroxyl groups is 1. The van der Waals surface area contributed by atoms with Gasteiger partial charge in [-0.3, -0.25) is 4.90 Å². The normalized spacial score (nSPS) is 13.2. The number of hydrogen-bond donors (Lipinski definition) is 1. The van der Waals surface area contributed by atoms with Crippen molar-refractivity contribution in [3.63, 3.8) is 0 Å². The zero-order valence-corrected chi connectivity index (χ0v) is 8.23. The zero-order chi connectivity index (χ0) is 10.3. The van der Waals surface area contributed by atoms with Crippen LogP contribution in [-0.4, -0.2) is 48.7 Å². The Hall–Kier alpha value is -0.940. The maximum atomic E-state index is 11.3. The summed E-state index contributed by atoms with van der Waals surface area (Å²) < 4.78 is 4.95. The number of aliphatic hydroxyl groups excluding tert-OH is 1. The molecule has 0 heterocycles. The number of ether oxygens (including phenoxy) is 1. The van der Waals surface area contributed by atoms with Crippen molar-refractivity contribution in [2.45, 2.75) is 20.1 Å². The Morgan fingerprint density at radius 2 is 2.38 bits per heavy atom. The van der Waals surface area contributed by atoms with Crippen LogP contribution >= 0.6 is 0 Å². The predicted octanol–water partition coefficient (Wildman–Crippen LogP) is 0.484. The largest absolute Gasteiger partial charge is 0.395 e. The Kier molecular flexibility index (Phi) is 6.09. The summed E-state index contributed by atoms with van der Waals surface area (Å²) in [5, 5.41) is 8.70. The topological polar surface area (TPSA) is 62.1 Å². The maximum Gasteiger partial charge on any atom is 0.345 e. The van der Waals surface area contributed by atoms with Gasteiger partial charge < -0.3 is 9.84 Å². The molecule has 0 aromatic carbocycles. The summed E-state index contributed by atoms with van der Waals surface area (Å²) in [6.07, 6.45) is 1.04. The number of methoxy groups -OCH3 is 1. The molecule has 0 bridgehead atoms. The lowest BCUT2D eigenvalue weighted by Gasteiger charge is -2.24. The van der Waals surface area contributed by atoms with E-state index in [0.717, 1.165) is 0 Å². The van der Waals surface area contributed by atoms with Crippen LogP contribution in [0.15, 0.2) is 4.99 Å². The number of urea groups is 1. The van der Waals surface area contributed by atoms with Crippen LogP contribution < -0.4 is 0 Å². The van der Waals surface area contributed by atoms with Crippen molar-refractivity contribution in [2.24, 2.45) is 4.99 Å². The minimum absolute atomic E-state index is 0.0985. The maximum absolute atomic E-state index is 11.3. The first-order chi connectivity index (χ1) is 6.17. The van der Waals surface area contributed by atoms with Gasteiger partial charge in [-0.05, 0) is 13.8 Å². The van der Waals surface area contributed by atoms with Crippen LogP contribution in [-0.2, 0) is 4.74 Å². The Morgan fingerprint density at radius 1 is 1.77 bits per heavy atom. The first-order valence-electron chi connectivity index (χ1n) is 4.10. The highest BCUT2D eigenvalue weighted by Crippen LogP contribution is 2.01. The molecule has 0 aliphatic carbocycles. The van der Waals surface area contributed by atoms with Crippen molar-refractivity contribution in [3.05, 3.63) is 0 Å². The summed E-state index contributed by atoms with van der Waals surface area (Å²) in [6.45, 7) is 3.51. The van der Waals surface area contributed by atoms with E-state index < -0.39 is 6.03 Å². The molecule has 13 heavy (non-hydrogen) atoms. The second-order valence-corrected chi connectivity index (χ2v) is 2.42. The monoisotopic (exact) mass is 188 g/mol. The molecule has 1 atom stereocenters. The Morgan fingerprint density at radius 3 is 2.77 bits per heavy atom. The number of nitrogens with zero attached hydrogens (tertiary/aromatic N) is 2. The minimum atomic E-state index is -0.397. The highest BCUT2D eigenvalue weighted by Gasteiger charge is 2.17. The van der Waals surface area contributed by atoms with Crippen LogP contribution in [0.3, 0.4) is 0 Å². The number of amides is 2. The van der Waals surface area contributed by atoms with Gasteiger partial charge >= 0.3 is 6.03 Å². The SMILES string of the molecule is CC=NC(=O)N(CCO)C(C)OC. The molecule has 76 valence electrons. The molecule has 0 aliphatic rings. The molecule has 0 aromatic rings. The van der Waals surface area contributed by atoms with Crippen LogP contribution in [0.4, 0.5) is 4.79 Å². The van der Waals surface area contributed by atoms with Crippen LogP contribution in [0.5, 0.6) is 0 Å². The molecule has 0 saturated heterocycles. The molecule has 0 spiro atoms. The molecule has 5 nitrogen and oxygen atoms in total. The van der Waals surface area contributed by atoms with Gasteiger partial charge in [0.05, 0.1) is 6.61 Å². The first-order valence-corrected chi connectivity index (χ1v) is 4.10. The minimum Gasteiger partial charge on any atom is -0.395 e. The molecular formula is C8H16N2O3. The molecular weight excluding hydrogens is 172 g/mol. The third-order valence-corrected chi connectivity index (χ3v) is 1.61. The van der Waals surface area contributed by atoms with Gasteiger partial charge in [0.2, 0.25) is 0 Å². The number of carbonyl (C=O) groups excluding carboxylic acids is 1. The highest BCUT2D eigenvalue weighted by atomic mass is 16.5. The number of hydrogen-bond acceptors (Lipinski definition) is 3. The predicted molar refractivity (Wildman–Crippen MR) is 49.8 cm³/mol. The van der Waals surface area contributed by atoms with E-state index in [1.54, 1.807) is 13.8 Å². The lowest BCUT2D eigenvalue weighted by Crippen LogP contribution is -2.39. The van der Waals surface area contributed by atoms with E-state index >= 15 is 0 Å². The standard InChI is InChI=1S/C8H16N2O3/c1-4-9-8(12)10(5-6-11)7(2)13-3/h4,7,11H,5-6H2,1-3H3. The van der Waals surface area contributed by atoms with Crippen molar-refractivity contribution >= 4 is 12.2 Å². The Labute approximate surface area is 78.0 Å². The first kappa shape index (κ1) is 12.1. The second-order valence-electron chi connectivity index (χ2n) is 2.42. The molecule has 0 aliphatic heterocycles. The molecule has 2 amide bonds. The van der Waals surface area contributed by atoms with Gasteiger partial charge in [-0.25, -0.2) is 9.79 Å². The van der Waals surface area contributed by atoms with Crippen LogP contribution in [0.2, 0.25) is 0 Å². The molecule has 5 heteroatoms. The van der Waals surface area contributed by atoms with Gasteiger partial charge in [-0.2, -0.15) is 0 Å². The highest BCUT2D eigenvalue weighted by molar-refractivity contribution is 5.82. The number of rotatable bonds is 4. The van der Waals surface area contributed by atoms with E-state index in [1.165, 1.54) is 18.2 Å². The third-order valence-electron chi connectivity index (χ3n) is 1.61. The summed E-state index contributed by atoms with van der Waals surface area (Å²) in [5.41, 5.74) is 0. The Bertz CT molecular complexity index is 182. The average Bonchev–Trinajstić information content (AvgIpc) is 2.13. The summed E-state index contributed by atoms with van der Waals surface area (Å²) in [5.74, 6) is 0. The van der Waals surface area contributed by atoms with E-state index in [-0.39, 0.29) is 19.4 Å². The Balaban J connectivity index is 4.30. The van der Waals surface area contributed by atoms with Gasteiger partial charge in [0.25, 0.3) is 0 Å². The smallest absolute Gasteiger partial charge is 0.345 e. The number of carbonyl (C=O) groups is 1. The lowest BCUT2D eigenvalue weighted by molar-refractivity contribution is 0.00149. The average molecular weight is 188 g/mol. The van der Waals surface area contributed by atoms with Crippen LogP contribution in [0.1, 0.15) is 13.8 Å². The van der Waals surface area contributed by atoms with Gasteiger partial charge in [-0.15, -0.1) is 0 Å². The molecule has 0 aromatic heterocycles. The molecule has 1 unspecified atom stereocenters.